The maximum absolute atomic E-state index is 11.7. The second kappa shape index (κ2) is 8.02. The van der Waals surface area contributed by atoms with Gasteiger partial charge in [0.05, 0.1) is 16.0 Å². The van der Waals surface area contributed by atoms with E-state index in [9.17, 15) is 14.9 Å². The number of ether oxygens (including phenoxy) is 1. The highest BCUT2D eigenvalue weighted by molar-refractivity contribution is 9.10. The largest absolute Gasteiger partial charge is 0.483 e. The van der Waals surface area contributed by atoms with Gasteiger partial charge in [-0.3, -0.25) is 14.9 Å². The van der Waals surface area contributed by atoms with E-state index in [4.69, 9.17) is 4.74 Å². The molecule has 0 saturated heterocycles. The quantitative estimate of drug-likeness (QED) is 0.446. The summed E-state index contributed by atoms with van der Waals surface area (Å²) in [6.07, 6.45) is 1.35. The van der Waals surface area contributed by atoms with Crippen molar-refractivity contribution in [2.24, 2.45) is 5.10 Å². The van der Waals surface area contributed by atoms with Crippen LogP contribution >= 0.6 is 27.3 Å². The highest BCUT2D eigenvalue weighted by atomic mass is 79.9. The first kappa shape index (κ1) is 18.1. The van der Waals surface area contributed by atoms with Crippen molar-refractivity contribution in [3.8, 4) is 5.75 Å². The van der Waals surface area contributed by atoms with Crippen molar-refractivity contribution in [2.75, 3.05) is 6.61 Å². The number of amides is 1. The van der Waals surface area contributed by atoms with Crippen LogP contribution in [0.5, 0.6) is 5.75 Å². The maximum atomic E-state index is 11.7. The number of carbonyl (C=O) groups excluding carboxylic acids is 1. The Morgan fingerprint density at radius 1 is 1.42 bits per heavy atom. The molecule has 1 N–H and O–H groups in total. The van der Waals surface area contributed by atoms with Crippen molar-refractivity contribution in [3.05, 3.63) is 54.9 Å². The molecule has 0 atom stereocenters. The monoisotopic (exact) mass is 411 g/mol. The van der Waals surface area contributed by atoms with Crippen molar-refractivity contribution in [1.29, 1.82) is 0 Å². The fourth-order valence-corrected chi connectivity index (χ4v) is 3.35. The molecule has 1 amide bonds. The number of nitrogens with one attached hydrogen (secondary N) is 1. The molecule has 7 nitrogen and oxygen atoms in total. The van der Waals surface area contributed by atoms with Gasteiger partial charge in [0, 0.05) is 10.5 Å². The molecule has 2 rings (SSSR count). The molecule has 0 radical (unpaired) electrons. The van der Waals surface area contributed by atoms with Gasteiger partial charge in [-0.15, -0.1) is 0 Å². The zero-order valence-electron chi connectivity index (χ0n) is 12.9. The van der Waals surface area contributed by atoms with Crippen molar-refractivity contribution in [2.45, 2.75) is 13.8 Å². The van der Waals surface area contributed by atoms with Crippen LogP contribution in [0.15, 0.2) is 33.8 Å². The average Bonchev–Trinajstić information content (AvgIpc) is 2.95. The Balaban J connectivity index is 1.87. The number of rotatable bonds is 6. The zero-order chi connectivity index (χ0) is 17.7. The van der Waals surface area contributed by atoms with Crippen LogP contribution in [-0.2, 0) is 4.79 Å². The minimum atomic E-state index is -0.475. The van der Waals surface area contributed by atoms with Gasteiger partial charge in [-0.1, -0.05) is 27.3 Å². The van der Waals surface area contributed by atoms with Crippen LogP contribution in [0.2, 0.25) is 0 Å². The molecule has 0 unspecified atom stereocenters. The van der Waals surface area contributed by atoms with E-state index in [-0.39, 0.29) is 11.6 Å². The third-order valence-electron chi connectivity index (χ3n) is 2.95. The molecular weight excluding hydrogens is 398 g/mol. The van der Waals surface area contributed by atoms with Crippen molar-refractivity contribution >= 4 is 44.4 Å². The first-order valence-corrected chi connectivity index (χ1v) is 8.43. The van der Waals surface area contributed by atoms with E-state index in [1.165, 1.54) is 12.3 Å². The lowest BCUT2D eigenvalue weighted by Gasteiger charge is -2.11. The van der Waals surface area contributed by atoms with Gasteiger partial charge < -0.3 is 4.74 Å². The third-order valence-corrected chi connectivity index (χ3v) is 4.38. The number of hydrogen-bond acceptors (Lipinski definition) is 6. The standard InChI is InChI=1S/C15H14BrN3O4S/c1-9-5-11(16)6-10(2)15(9)23-8-13(20)18-17-7-12-3-4-14(24-12)19(21)22/h3-7H,8H2,1-2H3,(H,18,20)/b17-7+. The van der Waals surface area contributed by atoms with Crippen LogP contribution in [0.3, 0.4) is 0 Å². The van der Waals surface area contributed by atoms with Crippen LogP contribution < -0.4 is 10.2 Å². The minimum absolute atomic E-state index is 0.0206. The molecule has 24 heavy (non-hydrogen) atoms. The van der Waals surface area contributed by atoms with Gasteiger partial charge in [0.1, 0.15) is 5.75 Å². The second-order valence-electron chi connectivity index (χ2n) is 4.88. The van der Waals surface area contributed by atoms with Gasteiger partial charge in [0.2, 0.25) is 0 Å². The van der Waals surface area contributed by atoms with Gasteiger partial charge in [0.15, 0.2) is 6.61 Å². The van der Waals surface area contributed by atoms with E-state index in [2.05, 4.69) is 26.5 Å². The molecule has 1 aromatic carbocycles. The molecular formula is C15H14BrN3O4S. The average molecular weight is 412 g/mol. The summed E-state index contributed by atoms with van der Waals surface area (Å²) in [4.78, 5) is 22.4. The van der Waals surface area contributed by atoms with E-state index in [0.717, 1.165) is 26.9 Å². The van der Waals surface area contributed by atoms with E-state index in [1.54, 1.807) is 6.07 Å². The molecule has 0 fully saturated rings. The van der Waals surface area contributed by atoms with Crippen LogP contribution in [0, 0.1) is 24.0 Å². The molecule has 126 valence electrons. The molecule has 2 aromatic rings. The Labute approximate surface area is 150 Å². The van der Waals surface area contributed by atoms with Gasteiger partial charge in [-0.2, -0.15) is 5.10 Å². The Bertz CT molecular complexity index is 781. The summed E-state index contributed by atoms with van der Waals surface area (Å²) in [6.45, 7) is 3.62. The van der Waals surface area contributed by atoms with Gasteiger partial charge >= 0.3 is 5.00 Å². The van der Waals surface area contributed by atoms with Gasteiger partial charge in [-0.25, -0.2) is 5.43 Å². The first-order chi connectivity index (χ1) is 11.4. The smallest absolute Gasteiger partial charge is 0.324 e. The summed E-state index contributed by atoms with van der Waals surface area (Å²) in [6, 6.07) is 6.75. The predicted octanol–water partition coefficient (Wildman–Crippen LogP) is 3.56. The number of hydrazone groups is 1. The summed E-state index contributed by atoms with van der Waals surface area (Å²) in [5.74, 6) is 0.241. The number of nitro groups is 1. The fourth-order valence-electron chi connectivity index (χ4n) is 1.97. The predicted molar refractivity (Wildman–Crippen MR) is 95.8 cm³/mol. The lowest BCUT2D eigenvalue weighted by atomic mass is 10.1. The Kier molecular flexibility index (Phi) is 6.04. The van der Waals surface area contributed by atoms with E-state index < -0.39 is 10.8 Å². The Morgan fingerprint density at radius 3 is 2.67 bits per heavy atom. The van der Waals surface area contributed by atoms with Gasteiger partial charge in [0.25, 0.3) is 5.91 Å². The third kappa shape index (κ3) is 4.87. The Hall–Kier alpha value is -2.26. The zero-order valence-corrected chi connectivity index (χ0v) is 15.3. The van der Waals surface area contributed by atoms with Crippen molar-refractivity contribution < 1.29 is 14.5 Å². The van der Waals surface area contributed by atoms with Gasteiger partial charge in [-0.05, 0) is 43.2 Å². The topological polar surface area (TPSA) is 93.8 Å². The molecule has 9 heteroatoms. The number of carbonyl (C=O) groups is 1. The lowest BCUT2D eigenvalue weighted by Crippen LogP contribution is -2.24. The Morgan fingerprint density at radius 2 is 2.08 bits per heavy atom. The fraction of sp³-hybridized carbons (Fsp3) is 0.200. The highest BCUT2D eigenvalue weighted by Gasteiger charge is 2.09. The summed E-state index contributed by atoms with van der Waals surface area (Å²) in [5.41, 5.74) is 4.16. The maximum Gasteiger partial charge on any atom is 0.324 e. The second-order valence-corrected chi connectivity index (χ2v) is 6.89. The summed E-state index contributed by atoms with van der Waals surface area (Å²) in [7, 11) is 0. The summed E-state index contributed by atoms with van der Waals surface area (Å²) < 4.78 is 6.48. The highest BCUT2D eigenvalue weighted by Crippen LogP contribution is 2.27. The lowest BCUT2D eigenvalue weighted by molar-refractivity contribution is -0.380. The van der Waals surface area contributed by atoms with Crippen LogP contribution in [0.25, 0.3) is 0 Å². The number of halogens is 1. The number of benzene rings is 1. The normalized spacial score (nSPS) is 10.8. The minimum Gasteiger partial charge on any atom is -0.483 e. The molecule has 0 aliphatic heterocycles. The molecule has 1 heterocycles. The van der Waals surface area contributed by atoms with E-state index in [1.807, 2.05) is 26.0 Å². The molecule has 0 spiro atoms. The van der Waals surface area contributed by atoms with Crippen molar-refractivity contribution in [1.82, 2.24) is 5.43 Å². The van der Waals surface area contributed by atoms with Crippen LogP contribution in [0.1, 0.15) is 16.0 Å². The number of nitrogens with zero attached hydrogens (tertiary/aromatic N) is 2. The van der Waals surface area contributed by atoms with Crippen LogP contribution in [-0.4, -0.2) is 23.7 Å². The summed E-state index contributed by atoms with van der Waals surface area (Å²) >= 11 is 4.37. The first-order valence-electron chi connectivity index (χ1n) is 6.82. The summed E-state index contributed by atoms with van der Waals surface area (Å²) in [5, 5.41) is 14.4. The van der Waals surface area contributed by atoms with Crippen LogP contribution in [0.4, 0.5) is 5.00 Å². The SMILES string of the molecule is Cc1cc(Br)cc(C)c1OCC(=O)N/N=C/c1ccc([N+](=O)[O-])s1. The molecule has 0 aliphatic rings. The number of hydrogen-bond donors (Lipinski definition) is 1. The van der Waals surface area contributed by atoms with E-state index in [0.29, 0.717) is 10.6 Å². The number of aryl methyl sites for hydroxylation is 2. The van der Waals surface area contributed by atoms with Crippen molar-refractivity contribution in [3.63, 3.8) is 0 Å². The molecule has 0 saturated carbocycles. The number of thiophene rings is 1. The molecule has 0 aliphatic carbocycles. The molecule has 1 aromatic heterocycles. The molecule has 0 bridgehead atoms. The van der Waals surface area contributed by atoms with E-state index >= 15 is 0 Å².